The van der Waals surface area contributed by atoms with Crippen LogP contribution in [0.2, 0.25) is 0 Å². The Bertz CT molecular complexity index is 119. The van der Waals surface area contributed by atoms with Crippen molar-refractivity contribution in [1.29, 1.82) is 0 Å². The molecule has 2 fully saturated rings. The lowest BCUT2D eigenvalue weighted by Gasteiger charge is -2.33. The highest BCUT2D eigenvalue weighted by Crippen LogP contribution is 2.15. The first-order valence-electron chi connectivity index (χ1n) is 5.71. The first-order valence-corrected chi connectivity index (χ1v) is 5.71. The second kappa shape index (κ2) is 4.97. The van der Waals surface area contributed by atoms with E-state index in [4.69, 9.17) is 0 Å². The molecule has 2 heterocycles. The lowest BCUT2D eigenvalue weighted by molar-refractivity contribution is 0.156. The van der Waals surface area contributed by atoms with E-state index in [0.29, 0.717) is 0 Å². The van der Waals surface area contributed by atoms with Crippen molar-refractivity contribution < 1.29 is 0 Å². The van der Waals surface area contributed by atoms with Crippen molar-refractivity contribution in [3.63, 3.8) is 0 Å². The van der Waals surface area contributed by atoms with Crippen LogP contribution in [0.1, 0.15) is 38.5 Å². The van der Waals surface area contributed by atoms with Crippen LogP contribution in [0.4, 0.5) is 0 Å². The van der Waals surface area contributed by atoms with Crippen molar-refractivity contribution >= 4 is 0 Å². The van der Waals surface area contributed by atoms with Crippen LogP contribution in [-0.4, -0.2) is 36.0 Å². The molecular weight excluding hydrogens is 160 g/mol. The third-order valence-corrected chi connectivity index (χ3v) is 2.99. The Balaban J connectivity index is 1.69. The maximum Gasteiger partial charge on any atom is 0.146 e. The summed E-state index contributed by atoms with van der Waals surface area (Å²) in [6.45, 7) is 8.46. The Labute approximate surface area is 81.9 Å². The summed E-state index contributed by atoms with van der Waals surface area (Å²) < 4.78 is 0. The molecule has 0 aliphatic carbocycles. The predicted octanol–water partition coefficient (Wildman–Crippen LogP) is 1.95. The molecule has 0 bridgehead atoms. The Morgan fingerprint density at radius 1 is 0.538 bits per heavy atom. The van der Waals surface area contributed by atoms with Crippen LogP contribution in [0.5, 0.6) is 0 Å². The van der Waals surface area contributed by atoms with E-state index in [1.54, 1.807) is 0 Å². The molecular formula is C11H20N2. The van der Waals surface area contributed by atoms with Crippen LogP contribution >= 0.6 is 0 Å². The number of hydrogen-bond donors (Lipinski definition) is 0. The molecule has 2 heteroatoms. The predicted molar refractivity (Wildman–Crippen MR) is 54.1 cm³/mol. The molecule has 2 radical (unpaired) electrons. The summed E-state index contributed by atoms with van der Waals surface area (Å²) in [5.41, 5.74) is 0. The number of nitrogens with zero attached hydrogens (tertiary/aromatic N) is 2. The highest BCUT2D eigenvalue weighted by Gasteiger charge is 2.17. The molecule has 0 aromatic carbocycles. The van der Waals surface area contributed by atoms with Gasteiger partial charge in [0.05, 0.1) is 0 Å². The SMILES string of the molecule is [C](N1CCCCC1)N1CCCCC1. The molecule has 0 aromatic rings. The monoisotopic (exact) mass is 180 g/mol. The van der Waals surface area contributed by atoms with Gasteiger partial charge in [0.2, 0.25) is 0 Å². The van der Waals surface area contributed by atoms with Gasteiger partial charge in [-0.15, -0.1) is 0 Å². The molecule has 0 amide bonds. The average molecular weight is 180 g/mol. The summed E-state index contributed by atoms with van der Waals surface area (Å²) in [6, 6.07) is 0. The fraction of sp³-hybridized carbons (Fsp3) is 0.909. The van der Waals surface area contributed by atoms with Crippen molar-refractivity contribution in [2.24, 2.45) is 0 Å². The van der Waals surface area contributed by atoms with Gasteiger partial charge in [0.25, 0.3) is 0 Å². The van der Waals surface area contributed by atoms with Crippen LogP contribution in [0.25, 0.3) is 0 Å². The average Bonchev–Trinajstić information content (AvgIpc) is 2.21. The first kappa shape index (κ1) is 9.47. The Morgan fingerprint density at radius 3 is 1.31 bits per heavy atom. The summed E-state index contributed by atoms with van der Waals surface area (Å²) in [7, 11) is 0. The summed E-state index contributed by atoms with van der Waals surface area (Å²) in [4.78, 5) is 4.77. The van der Waals surface area contributed by atoms with E-state index in [9.17, 15) is 0 Å². The fourth-order valence-corrected chi connectivity index (χ4v) is 2.19. The van der Waals surface area contributed by atoms with Crippen LogP contribution < -0.4 is 0 Å². The molecule has 2 rings (SSSR count). The maximum atomic E-state index is 3.52. The zero-order valence-corrected chi connectivity index (χ0v) is 8.47. The van der Waals surface area contributed by atoms with Gasteiger partial charge in [0, 0.05) is 26.2 Å². The largest absolute Gasteiger partial charge is 0.280 e. The minimum Gasteiger partial charge on any atom is -0.280 e. The van der Waals surface area contributed by atoms with E-state index in [-0.39, 0.29) is 0 Å². The highest BCUT2D eigenvalue weighted by molar-refractivity contribution is 4.76. The number of rotatable bonds is 2. The molecule has 2 saturated heterocycles. The topological polar surface area (TPSA) is 6.48 Å². The lowest BCUT2D eigenvalue weighted by Crippen LogP contribution is -2.38. The van der Waals surface area contributed by atoms with Crippen LogP contribution in [0.15, 0.2) is 0 Å². The highest BCUT2D eigenvalue weighted by atomic mass is 15.3. The summed E-state index contributed by atoms with van der Waals surface area (Å²) in [6.07, 6.45) is 8.28. The quantitative estimate of drug-likeness (QED) is 0.641. The molecule has 0 atom stereocenters. The molecule has 0 aromatic heterocycles. The third kappa shape index (κ3) is 2.96. The Hall–Kier alpha value is -0.0800. The zero-order chi connectivity index (χ0) is 8.93. The molecule has 74 valence electrons. The van der Waals surface area contributed by atoms with E-state index >= 15 is 0 Å². The second-order valence-electron chi connectivity index (χ2n) is 4.20. The minimum atomic E-state index is 1.23. The third-order valence-electron chi connectivity index (χ3n) is 2.99. The molecule has 0 N–H and O–H groups in total. The van der Waals surface area contributed by atoms with Crippen LogP contribution in [0.3, 0.4) is 0 Å². The van der Waals surface area contributed by atoms with E-state index in [1.807, 2.05) is 0 Å². The summed E-state index contributed by atoms with van der Waals surface area (Å²) in [5, 5.41) is 0. The van der Waals surface area contributed by atoms with Gasteiger partial charge in [-0.3, -0.25) is 9.80 Å². The number of piperidine rings is 2. The summed E-state index contributed by atoms with van der Waals surface area (Å²) in [5.74, 6) is 0. The van der Waals surface area contributed by atoms with Crippen molar-refractivity contribution in [3.05, 3.63) is 6.67 Å². The molecule has 0 unspecified atom stereocenters. The van der Waals surface area contributed by atoms with Crippen LogP contribution in [-0.2, 0) is 0 Å². The fourth-order valence-electron chi connectivity index (χ4n) is 2.19. The number of likely N-dealkylation sites (tertiary alicyclic amines) is 2. The van der Waals surface area contributed by atoms with Crippen molar-refractivity contribution in [2.45, 2.75) is 38.5 Å². The van der Waals surface area contributed by atoms with Crippen molar-refractivity contribution in [2.75, 3.05) is 26.2 Å². The minimum absolute atomic E-state index is 1.23. The molecule has 13 heavy (non-hydrogen) atoms. The Kier molecular flexibility index (Phi) is 3.62. The van der Waals surface area contributed by atoms with Gasteiger partial charge in [-0.05, 0) is 25.7 Å². The van der Waals surface area contributed by atoms with Gasteiger partial charge in [-0.25, -0.2) is 0 Å². The molecule has 2 aliphatic heterocycles. The Morgan fingerprint density at radius 2 is 0.923 bits per heavy atom. The van der Waals surface area contributed by atoms with Crippen LogP contribution in [0, 0.1) is 6.67 Å². The molecule has 2 aliphatic rings. The zero-order valence-electron chi connectivity index (χ0n) is 8.47. The van der Waals surface area contributed by atoms with Gasteiger partial charge in [-0.1, -0.05) is 12.8 Å². The standard InChI is InChI=1S/C11H20N2/c1-3-7-12(8-4-1)11-13-9-5-2-6-10-13/h1-10H2. The summed E-state index contributed by atoms with van der Waals surface area (Å²) >= 11 is 0. The van der Waals surface area contributed by atoms with E-state index in [0.717, 1.165) is 0 Å². The van der Waals surface area contributed by atoms with Gasteiger partial charge >= 0.3 is 0 Å². The van der Waals surface area contributed by atoms with Gasteiger partial charge in [0.15, 0.2) is 0 Å². The van der Waals surface area contributed by atoms with Crippen molar-refractivity contribution in [1.82, 2.24) is 9.80 Å². The molecule has 0 saturated carbocycles. The van der Waals surface area contributed by atoms with Gasteiger partial charge in [0.1, 0.15) is 6.67 Å². The smallest absolute Gasteiger partial charge is 0.146 e. The second-order valence-corrected chi connectivity index (χ2v) is 4.20. The van der Waals surface area contributed by atoms with Crippen molar-refractivity contribution in [3.8, 4) is 0 Å². The van der Waals surface area contributed by atoms with Gasteiger partial charge in [-0.2, -0.15) is 0 Å². The number of hydrogen-bond acceptors (Lipinski definition) is 2. The molecule has 2 nitrogen and oxygen atoms in total. The first-order chi connectivity index (χ1) is 6.45. The van der Waals surface area contributed by atoms with E-state index < -0.39 is 0 Å². The molecule has 0 spiro atoms. The van der Waals surface area contributed by atoms with E-state index in [1.165, 1.54) is 64.7 Å². The maximum absolute atomic E-state index is 3.52. The van der Waals surface area contributed by atoms with Gasteiger partial charge < -0.3 is 0 Å². The van der Waals surface area contributed by atoms with E-state index in [2.05, 4.69) is 16.5 Å². The normalized spacial score (nSPS) is 27.7. The lowest BCUT2D eigenvalue weighted by atomic mass is 10.1.